The Bertz CT molecular complexity index is 195. The first-order valence-electron chi connectivity index (χ1n) is 7.48. The molecule has 17 heavy (non-hydrogen) atoms. The molecule has 1 unspecified atom stereocenters. The minimum Gasteiger partial charge on any atom is -0.327 e. The number of hydrogen-bond donors (Lipinski definition) is 1. The van der Waals surface area contributed by atoms with Crippen LogP contribution in [0.15, 0.2) is 0 Å². The van der Waals surface area contributed by atoms with Gasteiger partial charge >= 0.3 is 0 Å². The van der Waals surface area contributed by atoms with E-state index in [1.54, 1.807) is 0 Å². The molecule has 1 atom stereocenters. The van der Waals surface area contributed by atoms with Crippen molar-refractivity contribution < 1.29 is 0 Å². The van der Waals surface area contributed by atoms with Gasteiger partial charge in [-0.1, -0.05) is 40.5 Å². The second-order valence-electron chi connectivity index (χ2n) is 6.68. The standard InChI is InChI=1S/C15H32N2/c1-12(2)9-14(16)11-17(10-13(3)4)15-7-5-6-8-15/h12-15H,5-11,16H2,1-4H3. The number of hydrogen-bond acceptors (Lipinski definition) is 2. The summed E-state index contributed by atoms with van der Waals surface area (Å²) < 4.78 is 0. The van der Waals surface area contributed by atoms with Gasteiger partial charge in [0, 0.05) is 25.2 Å². The van der Waals surface area contributed by atoms with Crippen molar-refractivity contribution in [2.75, 3.05) is 13.1 Å². The van der Waals surface area contributed by atoms with Crippen LogP contribution in [0.1, 0.15) is 59.8 Å². The van der Waals surface area contributed by atoms with E-state index in [2.05, 4.69) is 32.6 Å². The van der Waals surface area contributed by atoms with Gasteiger partial charge in [-0.3, -0.25) is 4.90 Å². The van der Waals surface area contributed by atoms with Gasteiger partial charge in [-0.2, -0.15) is 0 Å². The van der Waals surface area contributed by atoms with Crippen molar-refractivity contribution in [3.05, 3.63) is 0 Å². The third kappa shape index (κ3) is 5.87. The summed E-state index contributed by atoms with van der Waals surface area (Å²) in [5, 5.41) is 0. The van der Waals surface area contributed by atoms with Gasteiger partial charge in [0.05, 0.1) is 0 Å². The van der Waals surface area contributed by atoms with Crippen LogP contribution >= 0.6 is 0 Å². The molecule has 1 fully saturated rings. The molecule has 0 heterocycles. The summed E-state index contributed by atoms with van der Waals surface area (Å²) >= 11 is 0. The Kier molecular flexibility index (Phi) is 6.50. The molecule has 1 aliphatic rings. The summed E-state index contributed by atoms with van der Waals surface area (Å²) in [6.07, 6.45) is 6.76. The SMILES string of the molecule is CC(C)CC(N)CN(CC(C)C)C1CCCC1. The predicted molar refractivity (Wildman–Crippen MR) is 76.1 cm³/mol. The zero-order valence-electron chi connectivity index (χ0n) is 12.3. The molecule has 0 aromatic heterocycles. The quantitative estimate of drug-likeness (QED) is 0.740. The number of nitrogens with zero attached hydrogens (tertiary/aromatic N) is 1. The maximum atomic E-state index is 6.28. The minimum absolute atomic E-state index is 0.356. The molecule has 2 nitrogen and oxygen atoms in total. The van der Waals surface area contributed by atoms with Gasteiger partial charge in [-0.15, -0.1) is 0 Å². The van der Waals surface area contributed by atoms with Gasteiger partial charge in [0.25, 0.3) is 0 Å². The third-order valence-corrected chi connectivity index (χ3v) is 3.68. The zero-order valence-corrected chi connectivity index (χ0v) is 12.3. The van der Waals surface area contributed by atoms with Crippen LogP contribution in [0.25, 0.3) is 0 Å². The van der Waals surface area contributed by atoms with Crippen molar-refractivity contribution in [1.29, 1.82) is 0 Å². The van der Waals surface area contributed by atoms with Crippen molar-refractivity contribution in [1.82, 2.24) is 4.90 Å². The van der Waals surface area contributed by atoms with Crippen LogP contribution < -0.4 is 5.73 Å². The summed E-state index contributed by atoms with van der Waals surface area (Å²) in [4.78, 5) is 2.67. The van der Waals surface area contributed by atoms with Crippen LogP contribution in [0.3, 0.4) is 0 Å². The Labute approximate surface area is 108 Å². The molecule has 0 amide bonds. The second kappa shape index (κ2) is 7.38. The Morgan fingerprint density at radius 3 is 2.06 bits per heavy atom. The van der Waals surface area contributed by atoms with Crippen molar-refractivity contribution in [2.45, 2.75) is 71.9 Å². The van der Waals surface area contributed by atoms with Crippen LogP contribution in [0.5, 0.6) is 0 Å². The van der Waals surface area contributed by atoms with E-state index in [0.29, 0.717) is 6.04 Å². The lowest BCUT2D eigenvalue weighted by Crippen LogP contribution is -2.44. The first-order chi connectivity index (χ1) is 7.99. The lowest BCUT2D eigenvalue weighted by Gasteiger charge is -2.33. The molecular weight excluding hydrogens is 208 g/mol. The fourth-order valence-corrected chi connectivity index (χ4v) is 3.09. The second-order valence-corrected chi connectivity index (χ2v) is 6.68. The third-order valence-electron chi connectivity index (χ3n) is 3.68. The maximum absolute atomic E-state index is 6.28. The molecule has 2 heteroatoms. The summed E-state index contributed by atoms with van der Waals surface area (Å²) in [5.74, 6) is 1.47. The highest BCUT2D eigenvalue weighted by molar-refractivity contribution is 4.81. The van der Waals surface area contributed by atoms with Crippen molar-refractivity contribution in [3.8, 4) is 0 Å². The molecule has 0 saturated heterocycles. The maximum Gasteiger partial charge on any atom is 0.0170 e. The van der Waals surface area contributed by atoms with E-state index in [9.17, 15) is 0 Å². The van der Waals surface area contributed by atoms with Gasteiger partial charge in [-0.05, 0) is 31.1 Å². The predicted octanol–water partition coefficient (Wildman–Crippen LogP) is 3.26. The topological polar surface area (TPSA) is 29.3 Å². The summed E-state index contributed by atoms with van der Waals surface area (Å²) in [5.41, 5.74) is 6.28. The normalized spacial score (nSPS) is 19.8. The van der Waals surface area contributed by atoms with Crippen LogP contribution in [0.2, 0.25) is 0 Å². The van der Waals surface area contributed by atoms with Gasteiger partial charge < -0.3 is 5.73 Å². The molecule has 1 saturated carbocycles. The highest BCUT2D eigenvalue weighted by Gasteiger charge is 2.24. The minimum atomic E-state index is 0.356. The summed E-state index contributed by atoms with van der Waals surface area (Å²) in [6, 6.07) is 1.17. The molecule has 0 aliphatic heterocycles. The van der Waals surface area contributed by atoms with E-state index in [1.165, 1.54) is 32.2 Å². The number of rotatable bonds is 7. The monoisotopic (exact) mass is 240 g/mol. The molecule has 0 bridgehead atoms. The van der Waals surface area contributed by atoms with Crippen LogP contribution in [0, 0.1) is 11.8 Å². The van der Waals surface area contributed by atoms with Gasteiger partial charge in [0.2, 0.25) is 0 Å². The van der Waals surface area contributed by atoms with E-state index in [4.69, 9.17) is 5.73 Å². The molecular formula is C15H32N2. The molecule has 0 spiro atoms. The lowest BCUT2D eigenvalue weighted by molar-refractivity contribution is 0.161. The molecule has 0 radical (unpaired) electrons. The van der Waals surface area contributed by atoms with E-state index in [-0.39, 0.29) is 0 Å². The Balaban J connectivity index is 2.44. The molecule has 0 aromatic carbocycles. The van der Waals surface area contributed by atoms with E-state index in [1.807, 2.05) is 0 Å². The molecule has 1 rings (SSSR count). The molecule has 1 aliphatic carbocycles. The van der Waals surface area contributed by atoms with Crippen molar-refractivity contribution in [3.63, 3.8) is 0 Å². The first-order valence-corrected chi connectivity index (χ1v) is 7.48. The number of nitrogens with two attached hydrogens (primary N) is 1. The highest BCUT2D eigenvalue weighted by atomic mass is 15.2. The van der Waals surface area contributed by atoms with E-state index >= 15 is 0 Å². The van der Waals surface area contributed by atoms with Crippen LogP contribution in [-0.4, -0.2) is 30.1 Å². The zero-order chi connectivity index (χ0) is 12.8. The van der Waals surface area contributed by atoms with Crippen LogP contribution in [0.4, 0.5) is 0 Å². The first kappa shape index (κ1) is 15.0. The van der Waals surface area contributed by atoms with Gasteiger partial charge in [-0.25, -0.2) is 0 Å². The van der Waals surface area contributed by atoms with Gasteiger partial charge in [0.1, 0.15) is 0 Å². The molecule has 0 aromatic rings. The molecule has 2 N–H and O–H groups in total. The summed E-state index contributed by atoms with van der Waals surface area (Å²) in [6.45, 7) is 11.5. The smallest absolute Gasteiger partial charge is 0.0170 e. The Morgan fingerprint density at radius 2 is 1.59 bits per heavy atom. The van der Waals surface area contributed by atoms with Crippen molar-refractivity contribution in [2.24, 2.45) is 17.6 Å². The van der Waals surface area contributed by atoms with Crippen molar-refractivity contribution >= 4 is 0 Å². The fourth-order valence-electron chi connectivity index (χ4n) is 3.09. The highest BCUT2D eigenvalue weighted by Crippen LogP contribution is 2.24. The van der Waals surface area contributed by atoms with E-state index in [0.717, 1.165) is 30.8 Å². The average Bonchev–Trinajstić information content (AvgIpc) is 2.66. The average molecular weight is 240 g/mol. The summed E-state index contributed by atoms with van der Waals surface area (Å²) in [7, 11) is 0. The largest absolute Gasteiger partial charge is 0.327 e. The fraction of sp³-hybridized carbons (Fsp3) is 1.00. The Hall–Kier alpha value is -0.0800. The lowest BCUT2D eigenvalue weighted by atomic mass is 10.0. The van der Waals surface area contributed by atoms with Crippen LogP contribution in [-0.2, 0) is 0 Å². The Morgan fingerprint density at radius 1 is 1.00 bits per heavy atom. The van der Waals surface area contributed by atoms with E-state index < -0.39 is 0 Å². The molecule has 102 valence electrons. The van der Waals surface area contributed by atoms with Gasteiger partial charge in [0.15, 0.2) is 0 Å².